The predicted octanol–water partition coefficient (Wildman–Crippen LogP) is 2.79. The van der Waals surface area contributed by atoms with Crippen molar-refractivity contribution >= 4 is 12.2 Å². The molecule has 0 radical (unpaired) electrons. The van der Waals surface area contributed by atoms with Gasteiger partial charge in [-0.3, -0.25) is 0 Å². The smallest absolute Gasteiger partial charge is 0.106 e. The molecule has 0 aliphatic carbocycles. The molecule has 0 fully saturated rings. The van der Waals surface area contributed by atoms with Gasteiger partial charge in [-0.25, -0.2) is 4.98 Å². The molecule has 2 nitrogen and oxygen atoms in total. The zero-order valence-electron chi connectivity index (χ0n) is 8.54. The summed E-state index contributed by atoms with van der Waals surface area (Å²) in [7, 11) is 2.02. The van der Waals surface area contributed by atoms with Crippen LogP contribution >= 0.6 is 0 Å². The van der Waals surface area contributed by atoms with Crippen molar-refractivity contribution in [2.45, 2.75) is 20.3 Å². The zero-order chi connectivity index (χ0) is 9.84. The molecular formula is C11H16N2. The molecule has 1 aromatic rings. The number of allylic oxidation sites excluding steroid dienone is 1. The molecule has 0 aromatic carbocycles. The fourth-order valence-electron chi connectivity index (χ4n) is 1.23. The van der Waals surface area contributed by atoms with E-state index in [0.717, 1.165) is 23.6 Å². The number of hydrogen-bond acceptors (Lipinski definition) is 1. The molecule has 0 unspecified atom stereocenters. The van der Waals surface area contributed by atoms with E-state index in [4.69, 9.17) is 0 Å². The minimum absolute atomic E-state index is 0.963. The average molecular weight is 176 g/mol. The lowest BCUT2D eigenvalue weighted by molar-refractivity contribution is 0.849. The van der Waals surface area contributed by atoms with Crippen LogP contribution in [0.3, 0.4) is 0 Å². The first-order chi connectivity index (χ1) is 6.20. The van der Waals surface area contributed by atoms with Crippen molar-refractivity contribution in [1.29, 1.82) is 0 Å². The summed E-state index contributed by atoms with van der Waals surface area (Å²) in [6.45, 7) is 7.86. The first kappa shape index (κ1) is 9.78. The molecule has 0 saturated heterocycles. The van der Waals surface area contributed by atoms with Gasteiger partial charge in [-0.05, 0) is 25.5 Å². The quantitative estimate of drug-likeness (QED) is 0.692. The van der Waals surface area contributed by atoms with Crippen molar-refractivity contribution in [3.63, 3.8) is 0 Å². The van der Waals surface area contributed by atoms with Crippen molar-refractivity contribution in [3.05, 3.63) is 29.9 Å². The summed E-state index contributed by atoms with van der Waals surface area (Å²) in [4.78, 5) is 4.38. The van der Waals surface area contributed by atoms with E-state index in [1.807, 2.05) is 14.0 Å². The van der Waals surface area contributed by atoms with Crippen LogP contribution in [0, 0.1) is 6.92 Å². The van der Waals surface area contributed by atoms with E-state index in [9.17, 15) is 0 Å². The molecule has 0 atom stereocenters. The van der Waals surface area contributed by atoms with E-state index in [0.29, 0.717) is 0 Å². The van der Waals surface area contributed by atoms with E-state index in [2.05, 4.69) is 35.2 Å². The van der Waals surface area contributed by atoms with Gasteiger partial charge in [-0.1, -0.05) is 19.6 Å². The van der Waals surface area contributed by atoms with Crippen LogP contribution in [0.5, 0.6) is 0 Å². The Bertz CT molecular complexity index is 332. The number of aromatic nitrogens is 2. The lowest BCUT2D eigenvalue weighted by Crippen LogP contribution is -1.93. The lowest BCUT2D eigenvalue weighted by Gasteiger charge is -1.98. The third kappa shape index (κ3) is 1.89. The van der Waals surface area contributed by atoms with Crippen LogP contribution in [0.4, 0.5) is 0 Å². The van der Waals surface area contributed by atoms with E-state index >= 15 is 0 Å². The summed E-state index contributed by atoms with van der Waals surface area (Å²) in [5.41, 5.74) is 2.10. The zero-order valence-corrected chi connectivity index (χ0v) is 8.54. The van der Waals surface area contributed by atoms with Crippen LogP contribution in [0.1, 0.15) is 30.6 Å². The molecule has 13 heavy (non-hydrogen) atoms. The third-order valence-electron chi connectivity index (χ3n) is 2.10. The van der Waals surface area contributed by atoms with Gasteiger partial charge in [0, 0.05) is 7.05 Å². The van der Waals surface area contributed by atoms with Gasteiger partial charge in [-0.2, -0.15) is 0 Å². The topological polar surface area (TPSA) is 17.8 Å². The average Bonchev–Trinajstić information content (AvgIpc) is 2.40. The number of nitrogens with zero attached hydrogens (tertiary/aromatic N) is 2. The van der Waals surface area contributed by atoms with Crippen molar-refractivity contribution in [1.82, 2.24) is 9.55 Å². The highest BCUT2D eigenvalue weighted by molar-refractivity contribution is 5.59. The maximum Gasteiger partial charge on any atom is 0.106 e. The first-order valence-corrected chi connectivity index (χ1v) is 4.53. The fraction of sp³-hybridized carbons (Fsp3) is 0.364. The van der Waals surface area contributed by atoms with Crippen LogP contribution in [0.25, 0.3) is 12.2 Å². The summed E-state index contributed by atoms with van der Waals surface area (Å²) >= 11 is 0. The highest BCUT2D eigenvalue weighted by atomic mass is 15.1. The molecule has 0 amide bonds. The Morgan fingerprint density at radius 2 is 2.23 bits per heavy atom. The molecule has 0 N–H and O–H groups in total. The first-order valence-electron chi connectivity index (χ1n) is 4.53. The molecule has 0 spiro atoms. The Labute approximate surface area is 79.6 Å². The van der Waals surface area contributed by atoms with Crippen LogP contribution in [-0.4, -0.2) is 9.55 Å². The molecule has 2 heteroatoms. The predicted molar refractivity (Wildman–Crippen MR) is 57.4 cm³/mol. The Morgan fingerprint density at radius 3 is 2.77 bits per heavy atom. The van der Waals surface area contributed by atoms with E-state index in [1.54, 1.807) is 6.08 Å². The van der Waals surface area contributed by atoms with Crippen LogP contribution in [0.15, 0.2) is 12.7 Å². The van der Waals surface area contributed by atoms with Crippen LogP contribution < -0.4 is 0 Å². The number of imidazole rings is 1. The fourth-order valence-corrected chi connectivity index (χ4v) is 1.23. The van der Waals surface area contributed by atoms with Gasteiger partial charge < -0.3 is 4.57 Å². The van der Waals surface area contributed by atoms with E-state index < -0.39 is 0 Å². The normalized spacial score (nSPS) is 11.0. The van der Waals surface area contributed by atoms with Gasteiger partial charge in [0.05, 0.1) is 11.4 Å². The van der Waals surface area contributed by atoms with Gasteiger partial charge >= 0.3 is 0 Å². The second kappa shape index (κ2) is 4.08. The van der Waals surface area contributed by atoms with Crippen molar-refractivity contribution in [2.75, 3.05) is 0 Å². The van der Waals surface area contributed by atoms with Gasteiger partial charge in [0.1, 0.15) is 5.82 Å². The number of aryl methyl sites for hydroxylation is 1. The molecule has 0 aliphatic rings. The highest BCUT2D eigenvalue weighted by Gasteiger charge is 2.05. The minimum atomic E-state index is 0.963. The summed E-state index contributed by atoms with van der Waals surface area (Å²) in [5, 5.41) is 0. The second-order valence-corrected chi connectivity index (χ2v) is 3.00. The van der Waals surface area contributed by atoms with Gasteiger partial charge in [0.15, 0.2) is 0 Å². The Hall–Kier alpha value is -1.31. The lowest BCUT2D eigenvalue weighted by atomic mass is 10.2. The van der Waals surface area contributed by atoms with Crippen LogP contribution in [0.2, 0.25) is 0 Å². The van der Waals surface area contributed by atoms with E-state index in [1.165, 1.54) is 0 Å². The summed E-state index contributed by atoms with van der Waals surface area (Å²) in [5.74, 6) is 1.02. The molecule has 1 heterocycles. The largest absolute Gasteiger partial charge is 0.331 e. The Balaban J connectivity index is 3.15. The standard InChI is InChI=1S/C11H16N2/c1-5-7-8-11-10(6-2)12-9(3)13(11)4/h6-8H,2,5H2,1,3-4H3/b8-7-. The molecule has 0 saturated carbocycles. The molecule has 0 bridgehead atoms. The molecular weight excluding hydrogens is 160 g/mol. The maximum atomic E-state index is 4.38. The summed E-state index contributed by atoms with van der Waals surface area (Å²) < 4.78 is 2.07. The minimum Gasteiger partial charge on any atom is -0.331 e. The van der Waals surface area contributed by atoms with Crippen LogP contribution in [-0.2, 0) is 7.05 Å². The third-order valence-corrected chi connectivity index (χ3v) is 2.10. The SMILES string of the molecule is C=Cc1nc(C)n(C)c1/C=C\CC. The van der Waals surface area contributed by atoms with Gasteiger partial charge in [0.2, 0.25) is 0 Å². The van der Waals surface area contributed by atoms with Crippen molar-refractivity contribution in [3.8, 4) is 0 Å². The monoisotopic (exact) mass is 176 g/mol. The number of rotatable bonds is 3. The van der Waals surface area contributed by atoms with Gasteiger partial charge in [0.25, 0.3) is 0 Å². The summed E-state index contributed by atoms with van der Waals surface area (Å²) in [6.07, 6.45) is 7.06. The second-order valence-electron chi connectivity index (χ2n) is 3.00. The molecule has 1 rings (SSSR count). The Morgan fingerprint density at radius 1 is 1.54 bits per heavy atom. The molecule has 1 aromatic heterocycles. The van der Waals surface area contributed by atoms with Crippen molar-refractivity contribution in [2.24, 2.45) is 7.05 Å². The molecule has 0 aliphatic heterocycles. The van der Waals surface area contributed by atoms with Gasteiger partial charge in [-0.15, -0.1) is 0 Å². The highest BCUT2D eigenvalue weighted by Crippen LogP contribution is 2.13. The number of hydrogen-bond donors (Lipinski definition) is 0. The molecule has 70 valence electrons. The maximum absolute atomic E-state index is 4.38. The van der Waals surface area contributed by atoms with Crippen molar-refractivity contribution < 1.29 is 0 Å². The van der Waals surface area contributed by atoms with E-state index in [-0.39, 0.29) is 0 Å². The Kier molecular flexibility index (Phi) is 3.07. The summed E-state index contributed by atoms with van der Waals surface area (Å²) in [6, 6.07) is 0.